The second-order valence-electron chi connectivity index (χ2n) is 6.20. The molecule has 0 bridgehead atoms. The van der Waals surface area contributed by atoms with Crippen molar-refractivity contribution >= 4 is 28.2 Å². The monoisotopic (exact) mass is 434 g/mol. The summed E-state index contributed by atoms with van der Waals surface area (Å²) in [5.74, 6) is 0.568. The quantitative estimate of drug-likeness (QED) is 0.763. The van der Waals surface area contributed by atoms with E-state index >= 15 is 0 Å². The summed E-state index contributed by atoms with van der Waals surface area (Å²) in [7, 11) is -3.06. The molecule has 1 aromatic carbocycles. The van der Waals surface area contributed by atoms with Crippen LogP contribution in [0, 0.1) is 0 Å². The number of likely N-dealkylation sites (tertiary alicyclic amines) is 1. The number of rotatable bonds is 5. The van der Waals surface area contributed by atoms with Crippen molar-refractivity contribution in [1.82, 2.24) is 9.88 Å². The van der Waals surface area contributed by atoms with Gasteiger partial charge in [-0.15, -0.1) is 11.3 Å². The lowest BCUT2D eigenvalue weighted by Crippen LogP contribution is -2.36. The SMILES string of the molecule is O=C(O)N1CCC(c2nc(COc3ccc(S(=O)C(F)(F)F)cc3)cs2)CC1. The number of nitrogens with zero attached hydrogens (tertiary/aromatic N) is 2. The number of thiazole rings is 1. The molecule has 1 unspecified atom stereocenters. The summed E-state index contributed by atoms with van der Waals surface area (Å²) in [6, 6.07) is 4.94. The van der Waals surface area contributed by atoms with Crippen LogP contribution in [0.5, 0.6) is 5.75 Å². The largest absolute Gasteiger partial charge is 0.487 e. The molecule has 28 heavy (non-hydrogen) atoms. The Balaban J connectivity index is 1.53. The summed E-state index contributed by atoms with van der Waals surface area (Å²) >= 11 is 1.49. The number of benzene rings is 1. The molecule has 1 aromatic heterocycles. The van der Waals surface area contributed by atoms with Crippen LogP contribution in [-0.2, 0) is 17.4 Å². The number of amides is 1. The number of alkyl halides is 3. The standard InChI is InChI=1S/C17H17F3N2O4S2/c18-17(19,20)28(25)14-3-1-13(2-4-14)26-9-12-10-27-15(21-12)11-5-7-22(8-6-11)16(23)24/h1-4,10-11H,5-9H2,(H,23,24). The molecular formula is C17H17F3N2O4S2. The molecule has 1 fully saturated rings. The summed E-state index contributed by atoms with van der Waals surface area (Å²) in [4.78, 5) is 16.5. The van der Waals surface area contributed by atoms with Crippen LogP contribution in [-0.4, -0.2) is 43.9 Å². The van der Waals surface area contributed by atoms with Gasteiger partial charge in [0.15, 0.2) is 10.8 Å². The first kappa shape index (κ1) is 20.6. The van der Waals surface area contributed by atoms with Gasteiger partial charge in [0, 0.05) is 29.3 Å². The number of ether oxygens (including phenoxy) is 1. The van der Waals surface area contributed by atoms with E-state index in [1.807, 2.05) is 5.38 Å². The number of aromatic nitrogens is 1. The van der Waals surface area contributed by atoms with Gasteiger partial charge in [-0.25, -0.2) is 14.0 Å². The highest BCUT2D eigenvalue weighted by molar-refractivity contribution is 7.86. The highest BCUT2D eigenvalue weighted by Crippen LogP contribution is 2.31. The van der Waals surface area contributed by atoms with Gasteiger partial charge in [0.05, 0.1) is 10.7 Å². The fourth-order valence-corrected chi connectivity index (χ4v) is 4.47. The van der Waals surface area contributed by atoms with Crippen LogP contribution in [0.25, 0.3) is 0 Å². The Bertz CT molecular complexity index is 847. The van der Waals surface area contributed by atoms with Gasteiger partial charge in [0.25, 0.3) is 0 Å². The van der Waals surface area contributed by atoms with Crippen molar-refractivity contribution < 1.29 is 32.0 Å². The van der Waals surface area contributed by atoms with Crippen LogP contribution in [0.15, 0.2) is 34.5 Å². The van der Waals surface area contributed by atoms with Gasteiger partial charge in [0.2, 0.25) is 0 Å². The number of piperidine rings is 1. The first-order valence-corrected chi connectivity index (χ1v) is 10.4. The highest BCUT2D eigenvalue weighted by Gasteiger charge is 2.37. The zero-order chi connectivity index (χ0) is 20.3. The summed E-state index contributed by atoms with van der Waals surface area (Å²) in [6.45, 7) is 1.13. The fraction of sp³-hybridized carbons (Fsp3) is 0.412. The predicted octanol–water partition coefficient (Wildman–Crippen LogP) is 4.21. The third kappa shape index (κ3) is 5.02. The minimum atomic E-state index is -4.79. The summed E-state index contributed by atoms with van der Waals surface area (Å²) in [5, 5.41) is 11.8. The molecule has 1 atom stereocenters. The molecule has 0 aliphatic carbocycles. The van der Waals surface area contributed by atoms with Crippen molar-refractivity contribution in [2.45, 2.75) is 35.8 Å². The van der Waals surface area contributed by atoms with E-state index in [2.05, 4.69) is 4.98 Å². The number of hydrogen-bond acceptors (Lipinski definition) is 5. The first-order chi connectivity index (χ1) is 13.2. The fourth-order valence-electron chi connectivity index (χ4n) is 2.84. The van der Waals surface area contributed by atoms with E-state index in [4.69, 9.17) is 9.84 Å². The lowest BCUT2D eigenvalue weighted by atomic mass is 9.98. The zero-order valence-corrected chi connectivity index (χ0v) is 16.1. The third-order valence-corrected chi connectivity index (χ3v) is 6.50. The van der Waals surface area contributed by atoms with Crippen molar-refractivity contribution in [3.8, 4) is 5.75 Å². The smallest absolute Gasteiger partial charge is 0.475 e. The van der Waals surface area contributed by atoms with Crippen molar-refractivity contribution in [3.05, 3.63) is 40.3 Å². The molecule has 6 nitrogen and oxygen atoms in total. The normalized spacial score (nSPS) is 16.8. The minimum Gasteiger partial charge on any atom is -0.487 e. The van der Waals surface area contributed by atoms with Gasteiger partial charge in [0.1, 0.15) is 12.4 Å². The molecule has 0 saturated carbocycles. The van der Waals surface area contributed by atoms with E-state index in [1.54, 1.807) is 0 Å². The van der Waals surface area contributed by atoms with E-state index in [1.165, 1.54) is 28.4 Å². The molecule has 1 amide bonds. The van der Waals surface area contributed by atoms with Gasteiger partial charge >= 0.3 is 11.6 Å². The Kier molecular flexibility index (Phi) is 6.23. The molecule has 2 aromatic rings. The van der Waals surface area contributed by atoms with Crippen LogP contribution in [0.4, 0.5) is 18.0 Å². The molecule has 2 heterocycles. The van der Waals surface area contributed by atoms with Gasteiger partial charge in [-0.3, -0.25) is 0 Å². The average molecular weight is 434 g/mol. The van der Waals surface area contributed by atoms with Crippen LogP contribution in [0.1, 0.15) is 29.5 Å². The molecular weight excluding hydrogens is 417 g/mol. The van der Waals surface area contributed by atoms with Crippen LogP contribution < -0.4 is 4.74 Å². The van der Waals surface area contributed by atoms with E-state index < -0.39 is 22.4 Å². The molecule has 152 valence electrons. The Morgan fingerprint density at radius 3 is 2.50 bits per heavy atom. The Morgan fingerprint density at radius 2 is 1.93 bits per heavy atom. The average Bonchev–Trinajstić information content (AvgIpc) is 3.14. The Morgan fingerprint density at radius 1 is 1.29 bits per heavy atom. The molecule has 1 N–H and O–H groups in total. The molecule has 3 rings (SSSR count). The molecule has 0 radical (unpaired) electrons. The Hall–Kier alpha value is -2.14. The second-order valence-corrected chi connectivity index (χ2v) is 8.56. The summed E-state index contributed by atoms with van der Waals surface area (Å²) in [5.41, 5.74) is -4.09. The lowest BCUT2D eigenvalue weighted by molar-refractivity contribution is -0.0384. The summed E-state index contributed by atoms with van der Waals surface area (Å²) in [6.07, 6.45) is 0.535. The van der Waals surface area contributed by atoms with E-state index in [0.717, 1.165) is 30.0 Å². The van der Waals surface area contributed by atoms with Crippen molar-refractivity contribution in [2.75, 3.05) is 13.1 Å². The number of halogens is 3. The maximum Gasteiger partial charge on any atom is 0.475 e. The predicted molar refractivity (Wildman–Crippen MR) is 96.9 cm³/mol. The first-order valence-electron chi connectivity index (χ1n) is 8.37. The van der Waals surface area contributed by atoms with E-state index in [0.29, 0.717) is 24.5 Å². The van der Waals surface area contributed by atoms with Gasteiger partial charge < -0.3 is 14.7 Å². The summed E-state index contributed by atoms with van der Waals surface area (Å²) < 4.78 is 54.2. The van der Waals surface area contributed by atoms with Crippen LogP contribution in [0.3, 0.4) is 0 Å². The minimum absolute atomic E-state index is 0.159. The molecule has 1 aliphatic rings. The molecule has 11 heteroatoms. The van der Waals surface area contributed by atoms with E-state index in [-0.39, 0.29) is 17.4 Å². The van der Waals surface area contributed by atoms with Gasteiger partial charge in [-0.2, -0.15) is 13.2 Å². The Labute approximate surface area is 165 Å². The molecule has 0 spiro atoms. The van der Waals surface area contributed by atoms with Gasteiger partial charge in [-0.05, 0) is 37.1 Å². The highest BCUT2D eigenvalue weighted by atomic mass is 32.2. The van der Waals surface area contributed by atoms with E-state index in [9.17, 15) is 22.2 Å². The maximum atomic E-state index is 12.5. The van der Waals surface area contributed by atoms with Gasteiger partial charge in [-0.1, -0.05) is 0 Å². The number of carbonyl (C=O) groups is 1. The molecule has 1 aliphatic heterocycles. The van der Waals surface area contributed by atoms with Crippen LogP contribution in [0.2, 0.25) is 0 Å². The topological polar surface area (TPSA) is 79.7 Å². The zero-order valence-electron chi connectivity index (χ0n) is 14.5. The second kappa shape index (κ2) is 8.48. The maximum absolute atomic E-state index is 12.5. The van der Waals surface area contributed by atoms with Crippen molar-refractivity contribution in [1.29, 1.82) is 0 Å². The van der Waals surface area contributed by atoms with Crippen molar-refractivity contribution in [3.63, 3.8) is 0 Å². The van der Waals surface area contributed by atoms with Crippen molar-refractivity contribution in [2.24, 2.45) is 0 Å². The number of hydrogen-bond donors (Lipinski definition) is 1. The van der Waals surface area contributed by atoms with Crippen LogP contribution >= 0.6 is 11.3 Å². The third-order valence-electron chi connectivity index (χ3n) is 4.32. The lowest BCUT2D eigenvalue weighted by Gasteiger charge is -2.28. The number of carboxylic acid groups (broad SMARTS) is 1. The molecule has 1 saturated heterocycles.